The van der Waals surface area contributed by atoms with E-state index in [2.05, 4.69) is 15.5 Å². The molecule has 1 saturated heterocycles. The number of fused-ring (bicyclic) bond motifs is 5. The van der Waals surface area contributed by atoms with E-state index in [1.165, 1.54) is 0 Å². The lowest BCUT2D eigenvalue weighted by Crippen LogP contribution is -2.30. The van der Waals surface area contributed by atoms with E-state index in [1.807, 2.05) is 29.2 Å². The van der Waals surface area contributed by atoms with Crippen molar-refractivity contribution < 1.29 is 5.11 Å². The van der Waals surface area contributed by atoms with Gasteiger partial charge in [0.05, 0.1) is 17.8 Å². The zero-order valence-corrected chi connectivity index (χ0v) is 10.8. The monoisotopic (exact) mass is 273 g/mol. The molecule has 1 fully saturated rings. The predicted molar refractivity (Wildman–Crippen MR) is 70.9 cm³/mol. The number of aromatic nitrogens is 4. The van der Waals surface area contributed by atoms with Crippen molar-refractivity contribution >= 4 is 17.2 Å². The van der Waals surface area contributed by atoms with Gasteiger partial charge in [-0.3, -0.25) is 0 Å². The Morgan fingerprint density at radius 3 is 3.05 bits per heavy atom. The SMILES string of the molecule is O[C@@H]1C[C@H]2c3nnnn3-c3ccccc3C(=S)N2C1. The minimum atomic E-state index is -0.390. The summed E-state index contributed by atoms with van der Waals surface area (Å²) in [6, 6.07) is 7.76. The molecule has 4 rings (SSSR count). The van der Waals surface area contributed by atoms with Gasteiger partial charge in [0.25, 0.3) is 0 Å². The second-order valence-electron chi connectivity index (χ2n) is 4.83. The van der Waals surface area contributed by atoms with E-state index in [-0.39, 0.29) is 6.04 Å². The molecule has 0 amide bonds. The van der Waals surface area contributed by atoms with Crippen molar-refractivity contribution in [2.45, 2.75) is 18.6 Å². The van der Waals surface area contributed by atoms with Gasteiger partial charge in [-0.25, -0.2) is 0 Å². The quantitative estimate of drug-likeness (QED) is 0.703. The Labute approximate surface area is 114 Å². The lowest BCUT2D eigenvalue weighted by atomic mass is 10.1. The van der Waals surface area contributed by atoms with E-state index in [4.69, 9.17) is 12.2 Å². The lowest BCUT2D eigenvalue weighted by Gasteiger charge is -2.23. The van der Waals surface area contributed by atoms with Gasteiger partial charge in [0.2, 0.25) is 0 Å². The van der Waals surface area contributed by atoms with Gasteiger partial charge < -0.3 is 10.0 Å². The summed E-state index contributed by atoms with van der Waals surface area (Å²) in [5.74, 6) is 0.740. The predicted octanol–water partition coefficient (Wildman–Crippen LogP) is 0.459. The Balaban J connectivity index is 1.99. The molecule has 19 heavy (non-hydrogen) atoms. The molecule has 2 atom stereocenters. The van der Waals surface area contributed by atoms with Gasteiger partial charge in [0, 0.05) is 18.5 Å². The van der Waals surface area contributed by atoms with E-state index in [9.17, 15) is 5.11 Å². The highest BCUT2D eigenvalue weighted by molar-refractivity contribution is 7.80. The summed E-state index contributed by atoms with van der Waals surface area (Å²) in [6.45, 7) is 0.532. The Morgan fingerprint density at radius 1 is 1.32 bits per heavy atom. The molecule has 1 aromatic heterocycles. The number of benzene rings is 1. The van der Waals surface area contributed by atoms with E-state index in [0.29, 0.717) is 13.0 Å². The van der Waals surface area contributed by atoms with Crippen LogP contribution in [0.15, 0.2) is 24.3 Å². The average Bonchev–Trinajstić information content (AvgIpc) is 3.02. The third kappa shape index (κ3) is 1.45. The fraction of sp³-hybridized carbons (Fsp3) is 0.333. The van der Waals surface area contributed by atoms with E-state index in [0.717, 1.165) is 22.1 Å². The minimum Gasteiger partial charge on any atom is -0.391 e. The lowest BCUT2D eigenvalue weighted by molar-refractivity contribution is 0.188. The summed E-state index contributed by atoms with van der Waals surface area (Å²) in [6.07, 6.45) is 0.215. The van der Waals surface area contributed by atoms with Gasteiger partial charge in [-0.15, -0.1) is 5.10 Å². The van der Waals surface area contributed by atoms with Crippen molar-refractivity contribution in [3.8, 4) is 5.69 Å². The molecule has 0 radical (unpaired) electrons. The summed E-state index contributed by atoms with van der Waals surface area (Å²) in [4.78, 5) is 2.76. The number of rotatable bonds is 0. The van der Waals surface area contributed by atoms with Crippen LogP contribution in [0.2, 0.25) is 0 Å². The standard InChI is InChI=1S/C12H11N5OS/c18-7-5-10-11-13-14-15-17(11)9-4-2-1-3-8(9)12(19)16(10)6-7/h1-4,7,10,18H,5-6H2/t7-,10+/m1/s1. The van der Waals surface area contributed by atoms with Crippen molar-refractivity contribution in [2.75, 3.05) is 6.54 Å². The van der Waals surface area contributed by atoms with Crippen molar-refractivity contribution in [1.29, 1.82) is 0 Å². The van der Waals surface area contributed by atoms with E-state index >= 15 is 0 Å². The van der Waals surface area contributed by atoms with Crippen LogP contribution in [-0.4, -0.2) is 47.9 Å². The number of aliphatic hydroxyl groups is 1. The second kappa shape index (κ2) is 3.82. The number of para-hydroxylation sites is 1. The van der Waals surface area contributed by atoms with Crippen LogP contribution in [0.25, 0.3) is 5.69 Å². The maximum atomic E-state index is 9.90. The number of tetrazole rings is 1. The van der Waals surface area contributed by atoms with Crippen molar-refractivity contribution in [3.63, 3.8) is 0 Å². The molecule has 1 aromatic carbocycles. The van der Waals surface area contributed by atoms with E-state index < -0.39 is 6.10 Å². The second-order valence-corrected chi connectivity index (χ2v) is 5.22. The van der Waals surface area contributed by atoms with Gasteiger partial charge >= 0.3 is 0 Å². The normalized spacial score (nSPS) is 24.7. The van der Waals surface area contributed by atoms with Crippen LogP contribution in [0, 0.1) is 0 Å². The maximum absolute atomic E-state index is 9.90. The number of nitrogens with zero attached hydrogens (tertiary/aromatic N) is 5. The molecule has 0 aliphatic carbocycles. The molecule has 3 heterocycles. The zero-order valence-electron chi connectivity index (χ0n) is 9.97. The Hall–Kier alpha value is -1.86. The molecule has 2 aromatic rings. The Bertz CT molecular complexity index is 670. The van der Waals surface area contributed by atoms with Crippen LogP contribution >= 0.6 is 12.2 Å². The fourth-order valence-electron chi connectivity index (χ4n) is 2.85. The van der Waals surface area contributed by atoms with Crippen LogP contribution in [0.4, 0.5) is 0 Å². The maximum Gasteiger partial charge on any atom is 0.179 e. The molecule has 2 aliphatic rings. The highest BCUT2D eigenvalue weighted by atomic mass is 32.1. The Morgan fingerprint density at radius 2 is 2.16 bits per heavy atom. The molecule has 0 unspecified atom stereocenters. The van der Waals surface area contributed by atoms with Gasteiger partial charge in [-0.05, 0) is 22.6 Å². The van der Waals surface area contributed by atoms with Crippen LogP contribution in [0.1, 0.15) is 23.9 Å². The summed E-state index contributed by atoms with van der Waals surface area (Å²) in [7, 11) is 0. The first-order valence-corrected chi connectivity index (χ1v) is 6.53. The Kier molecular flexibility index (Phi) is 2.21. The third-order valence-corrected chi connectivity index (χ3v) is 4.15. The smallest absolute Gasteiger partial charge is 0.179 e. The highest BCUT2D eigenvalue weighted by Crippen LogP contribution is 2.36. The number of thiocarbonyl (C=S) groups is 1. The van der Waals surface area contributed by atoms with Gasteiger partial charge in [-0.1, -0.05) is 24.4 Å². The largest absolute Gasteiger partial charge is 0.391 e. The molecule has 7 heteroatoms. The first-order valence-electron chi connectivity index (χ1n) is 6.12. The van der Waals surface area contributed by atoms with Crippen molar-refractivity contribution in [1.82, 2.24) is 25.1 Å². The molecule has 96 valence electrons. The number of hydrogen-bond acceptors (Lipinski definition) is 5. The molecular weight excluding hydrogens is 262 g/mol. The summed E-state index contributed by atoms with van der Waals surface area (Å²) < 4.78 is 1.73. The summed E-state index contributed by atoms with van der Waals surface area (Å²) in [5.41, 5.74) is 1.83. The minimum absolute atomic E-state index is 0.0510. The van der Waals surface area contributed by atoms with Crippen LogP contribution in [-0.2, 0) is 0 Å². The summed E-state index contributed by atoms with van der Waals surface area (Å²) >= 11 is 5.58. The molecular formula is C12H11N5OS. The van der Waals surface area contributed by atoms with Crippen LogP contribution in [0.5, 0.6) is 0 Å². The first-order chi connectivity index (χ1) is 9.25. The van der Waals surface area contributed by atoms with Crippen molar-refractivity contribution in [3.05, 3.63) is 35.7 Å². The molecule has 0 bridgehead atoms. The third-order valence-electron chi connectivity index (χ3n) is 3.69. The van der Waals surface area contributed by atoms with E-state index in [1.54, 1.807) is 4.68 Å². The average molecular weight is 273 g/mol. The highest BCUT2D eigenvalue weighted by Gasteiger charge is 2.40. The number of aliphatic hydroxyl groups excluding tert-OH is 1. The molecule has 2 aliphatic heterocycles. The van der Waals surface area contributed by atoms with Gasteiger partial charge in [0.15, 0.2) is 5.82 Å². The number of hydrogen-bond donors (Lipinski definition) is 1. The summed E-state index contributed by atoms with van der Waals surface area (Å²) in [5, 5.41) is 21.9. The fourth-order valence-corrected chi connectivity index (χ4v) is 3.22. The van der Waals surface area contributed by atoms with Gasteiger partial charge in [0.1, 0.15) is 4.99 Å². The molecule has 0 saturated carbocycles. The van der Waals surface area contributed by atoms with Crippen LogP contribution in [0.3, 0.4) is 0 Å². The molecule has 1 N–H and O–H groups in total. The zero-order chi connectivity index (χ0) is 13.0. The molecule has 6 nitrogen and oxygen atoms in total. The topological polar surface area (TPSA) is 67.1 Å². The van der Waals surface area contributed by atoms with Gasteiger partial charge in [-0.2, -0.15) is 4.68 Å². The van der Waals surface area contributed by atoms with Crippen LogP contribution < -0.4 is 0 Å². The molecule has 0 spiro atoms. The van der Waals surface area contributed by atoms with Crippen molar-refractivity contribution in [2.24, 2.45) is 0 Å². The first kappa shape index (κ1) is 11.0.